The Bertz CT molecular complexity index is 1140. The number of halogens is 2. The van der Waals surface area contributed by atoms with Crippen LogP contribution < -0.4 is 20.9 Å². The number of hydrogen-bond acceptors (Lipinski definition) is 7. The standard InChI is InChI=1S/C22H23Cl2N5O7/c1-12(19(32)28-35)29-7-6-22(20(29)33,27-21(34)25-10-18(30)31)14-2-4-15(5-3-14)36-11-13-8-16(23)26-17(24)9-13/h2-5,8-9,12,35H,6-7,10-11H2,1H3,(H,28,32)(H,30,31)(H2,25,27,34). The van der Waals surface area contributed by atoms with Crippen molar-refractivity contribution in [3.63, 3.8) is 0 Å². The molecule has 2 unspecified atom stereocenters. The highest BCUT2D eigenvalue weighted by Crippen LogP contribution is 2.35. The largest absolute Gasteiger partial charge is 0.489 e. The van der Waals surface area contributed by atoms with Gasteiger partial charge in [-0.05, 0) is 42.3 Å². The van der Waals surface area contributed by atoms with Crippen LogP contribution in [0.1, 0.15) is 24.5 Å². The Labute approximate surface area is 215 Å². The Hall–Kier alpha value is -3.61. The summed E-state index contributed by atoms with van der Waals surface area (Å²) in [5, 5.41) is 23.0. The molecule has 0 spiro atoms. The van der Waals surface area contributed by atoms with Gasteiger partial charge in [-0.2, -0.15) is 0 Å². The van der Waals surface area contributed by atoms with E-state index in [4.69, 9.17) is 38.3 Å². The highest BCUT2D eigenvalue weighted by Gasteiger charge is 2.51. The second kappa shape index (κ2) is 11.4. The first-order chi connectivity index (χ1) is 17.1. The molecule has 1 aliphatic rings. The van der Waals surface area contributed by atoms with Crippen molar-refractivity contribution in [2.24, 2.45) is 0 Å². The van der Waals surface area contributed by atoms with Gasteiger partial charge in [0.05, 0.1) is 0 Å². The number of aliphatic carboxylic acids is 1. The summed E-state index contributed by atoms with van der Waals surface area (Å²) in [6.45, 7) is 1.01. The lowest BCUT2D eigenvalue weighted by atomic mass is 9.88. The van der Waals surface area contributed by atoms with Crippen molar-refractivity contribution in [1.82, 2.24) is 26.0 Å². The quantitative estimate of drug-likeness (QED) is 0.182. The van der Waals surface area contributed by atoms with Gasteiger partial charge in [-0.1, -0.05) is 35.3 Å². The third kappa shape index (κ3) is 6.14. The molecule has 5 N–H and O–H groups in total. The van der Waals surface area contributed by atoms with Gasteiger partial charge in [0.2, 0.25) is 0 Å². The molecule has 1 aromatic carbocycles. The summed E-state index contributed by atoms with van der Waals surface area (Å²) in [6, 6.07) is 7.66. The smallest absolute Gasteiger partial charge is 0.323 e. The van der Waals surface area contributed by atoms with Gasteiger partial charge in [0.15, 0.2) is 0 Å². The van der Waals surface area contributed by atoms with Crippen LogP contribution in [0.2, 0.25) is 10.3 Å². The number of carbonyl (C=O) groups is 4. The number of nitrogens with one attached hydrogen (secondary N) is 3. The van der Waals surface area contributed by atoms with E-state index in [9.17, 15) is 19.2 Å². The summed E-state index contributed by atoms with van der Waals surface area (Å²) in [7, 11) is 0. The SMILES string of the molecule is CC(C(=O)NO)N1CCC(NC(=O)NCC(=O)O)(c2ccc(OCc3cc(Cl)nc(Cl)c3)cc2)C1=O. The number of amides is 4. The minimum absolute atomic E-state index is 0.0869. The molecule has 4 amide bonds. The predicted octanol–water partition coefficient (Wildman–Crippen LogP) is 1.67. The van der Waals surface area contributed by atoms with Crippen LogP contribution in [0, 0.1) is 0 Å². The van der Waals surface area contributed by atoms with Gasteiger partial charge in [-0.15, -0.1) is 0 Å². The van der Waals surface area contributed by atoms with Crippen LogP contribution in [0.4, 0.5) is 4.79 Å². The third-order valence-electron chi connectivity index (χ3n) is 5.61. The number of urea groups is 1. The number of likely N-dealkylation sites (tertiary alicyclic amines) is 1. The van der Waals surface area contributed by atoms with Gasteiger partial charge in [0.25, 0.3) is 11.8 Å². The number of carboxylic acids is 1. The minimum Gasteiger partial charge on any atom is -0.489 e. The maximum Gasteiger partial charge on any atom is 0.323 e. The summed E-state index contributed by atoms with van der Waals surface area (Å²) >= 11 is 11.8. The van der Waals surface area contributed by atoms with Crippen LogP contribution >= 0.6 is 23.2 Å². The van der Waals surface area contributed by atoms with Crippen LogP contribution in [0.25, 0.3) is 0 Å². The van der Waals surface area contributed by atoms with Crippen molar-refractivity contribution in [3.05, 3.63) is 57.8 Å². The number of carbonyl (C=O) groups excluding carboxylic acids is 3. The molecule has 36 heavy (non-hydrogen) atoms. The van der Waals surface area contributed by atoms with Crippen molar-refractivity contribution in [2.75, 3.05) is 13.1 Å². The van der Waals surface area contributed by atoms with Gasteiger partial charge in [-0.3, -0.25) is 19.6 Å². The molecule has 1 saturated heterocycles. The minimum atomic E-state index is -1.59. The van der Waals surface area contributed by atoms with Crippen LogP contribution in [-0.2, 0) is 26.5 Å². The normalized spacial score (nSPS) is 17.9. The fourth-order valence-corrected chi connectivity index (χ4v) is 4.30. The molecular weight excluding hydrogens is 517 g/mol. The second-order valence-electron chi connectivity index (χ2n) is 7.94. The van der Waals surface area contributed by atoms with E-state index in [2.05, 4.69) is 15.6 Å². The van der Waals surface area contributed by atoms with Gasteiger partial charge in [0.1, 0.15) is 40.8 Å². The Morgan fingerprint density at radius 2 is 1.83 bits per heavy atom. The molecule has 0 aliphatic carbocycles. The summed E-state index contributed by atoms with van der Waals surface area (Å²) in [5.74, 6) is -2.21. The van der Waals surface area contributed by atoms with Gasteiger partial charge < -0.3 is 25.4 Å². The van der Waals surface area contributed by atoms with E-state index in [-0.39, 0.29) is 29.9 Å². The molecular formula is C22H23Cl2N5O7. The Morgan fingerprint density at radius 1 is 1.19 bits per heavy atom. The average molecular weight is 540 g/mol. The molecule has 0 saturated carbocycles. The molecule has 14 heteroatoms. The topological polar surface area (TPSA) is 170 Å². The number of carboxylic acid groups (broad SMARTS) is 1. The van der Waals surface area contributed by atoms with Crippen molar-refractivity contribution >= 4 is 47.0 Å². The predicted molar refractivity (Wildman–Crippen MR) is 127 cm³/mol. The van der Waals surface area contributed by atoms with Gasteiger partial charge in [0, 0.05) is 13.0 Å². The van der Waals surface area contributed by atoms with E-state index in [1.54, 1.807) is 36.4 Å². The average Bonchev–Trinajstić information content (AvgIpc) is 3.16. The number of aromatic nitrogens is 1. The molecule has 12 nitrogen and oxygen atoms in total. The van der Waals surface area contributed by atoms with Crippen LogP contribution in [0.3, 0.4) is 0 Å². The van der Waals surface area contributed by atoms with Crippen molar-refractivity contribution in [1.29, 1.82) is 0 Å². The lowest BCUT2D eigenvalue weighted by Crippen LogP contribution is -2.56. The summed E-state index contributed by atoms with van der Waals surface area (Å²) in [4.78, 5) is 53.7. The molecule has 1 aromatic heterocycles. The Morgan fingerprint density at radius 3 is 2.42 bits per heavy atom. The first-order valence-electron chi connectivity index (χ1n) is 10.6. The zero-order valence-electron chi connectivity index (χ0n) is 19.0. The maximum absolute atomic E-state index is 13.5. The first-order valence-corrected chi connectivity index (χ1v) is 11.4. The van der Waals surface area contributed by atoms with Crippen molar-refractivity contribution in [2.45, 2.75) is 31.5 Å². The fraction of sp³-hybridized carbons (Fsp3) is 0.318. The second-order valence-corrected chi connectivity index (χ2v) is 8.72. The van der Waals surface area contributed by atoms with Crippen LogP contribution in [0.5, 0.6) is 5.75 Å². The van der Waals surface area contributed by atoms with Gasteiger partial charge in [-0.25, -0.2) is 15.3 Å². The number of benzene rings is 1. The van der Waals surface area contributed by atoms with E-state index >= 15 is 0 Å². The van der Waals surface area contributed by atoms with Crippen LogP contribution in [0.15, 0.2) is 36.4 Å². The van der Waals surface area contributed by atoms with Crippen molar-refractivity contribution in [3.8, 4) is 5.75 Å². The zero-order valence-corrected chi connectivity index (χ0v) is 20.5. The highest BCUT2D eigenvalue weighted by atomic mass is 35.5. The van der Waals surface area contributed by atoms with E-state index in [0.717, 1.165) is 0 Å². The van der Waals surface area contributed by atoms with Gasteiger partial charge >= 0.3 is 12.0 Å². The molecule has 0 radical (unpaired) electrons. The Balaban J connectivity index is 1.83. The summed E-state index contributed by atoms with van der Waals surface area (Å²) in [6.07, 6.45) is 0.0869. The molecule has 2 heterocycles. The fourth-order valence-electron chi connectivity index (χ4n) is 3.80. The monoisotopic (exact) mass is 539 g/mol. The third-order valence-corrected chi connectivity index (χ3v) is 6.00. The molecule has 1 fully saturated rings. The van der Waals surface area contributed by atoms with E-state index in [0.29, 0.717) is 16.9 Å². The lowest BCUT2D eigenvalue weighted by Gasteiger charge is -2.31. The summed E-state index contributed by atoms with van der Waals surface area (Å²) in [5.41, 5.74) is 1.00. The molecule has 3 rings (SSSR count). The lowest BCUT2D eigenvalue weighted by molar-refractivity contribution is -0.143. The summed E-state index contributed by atoms with van der Waals surface area (Å²) < 4.78 is 5.74. The van der Waals surface area contributed by atoms with E-state index in [1.165, 1.54) is 17.3 Å². The highest BCUT2D eigenvalue weighted by molar-refractivity contribution is 6.32. The maximum atomic E-state index is 13.5. The number of rotatable bonds is 9. The first kappa shape index (κ1) is 27.0. The molecule has 0 bridgehead atoms. The molecule has 1 aliphatic heterocycles. The number of nitrogens with zero attached hydrogens (tertiary/aromatic N) is 2. The van der Waals surface area contributed by atoms with E-state index in [1.807, 2.05) is 0 Å². The number of ether oxygens (including phenoxy) is 1. The van der Waals surface area contributed by atoms with E-state index < -0.39 is 41.9 Å². The number of hydroxylamine groups is 1. The zero-order chi connectivity index (χ0) is 26.5. The van der Waals surface area contributed by atoms with Crippen LogP contribution in [-0.4, -0.2) is 63.1 Å². The Kier molecular flexibility index (Phi) is 8.56. The molecule has 2 aromatic rings. The number of pyridine rings is 1. The molecule has 2 atom stereocenters. The van der Waals surface area contributed by atoms with Crippen molar-refractivity contribution < 1.29 is 34.2 Å². The number of hydrogen-bond donors (Lipinski definition) is 5. The molecule has 192 valence electrons.